The average Bonchev–Trinajstić information content (AvgIpc) is 3.09. The Balaban J connectivity index is 1.85. The molecule has 0 aliphatic heterocycles. The molecule has 0 spiro atoms. The standard InChI is InChI=1S/C29H21Br2F3N2/c1-28(2,3)20-12-4-5-13-23(20)35-25-18-10-6-8-16-9-7-11-19(24(16)18)26(25)36-27-21(29(32,33)34)14-17(30)15-22(27)31/h4-15H,1-3H3/b35-25+,36-26+. The van der Waals surface area contributed by atoms with E-state index in [1.807, 2.05) is 60.7 Å². The van der Waals surface area contributed by atoms with Gasteiger partial charge in [-0.2, -0.15) is 13.2 Å². The summed E-state index contributed by atoms with van der Waals surface area (Å²) in [6, 6.07) is 22.1. The first kappa shape index (κ1) is 24.9. The predicted octanol–water partition coefficient (Wildman–Crippen LogP) is 9.94. The summed E-state index contributed by atoms with van der Waals surface area (Å²) in [7, 11) is 0. The van der Waals surface area contributed by atoms with Crippen LogP contribution in [0.3, 0.4) is 0 Å². The molecule has 1 aliphatic carbocycles. The van der Waals surface area contributed by atoms with Gasteiger partial charge in [-0.1, -0.05) is 91.3 Å². The molecule has 4 aromatic rings. The van der Waals surface area contributed by atoms with Gasteiger partial charge in [-0.3, -0.25) is 0 Å². The highest BCUT2D eigenvalue weighted by Gasteiger charge is 2.36. The van der Waals surface area contributed by atoms with Gasteiger partial charge in [-0.25, -0.2) is 9.98 Å². The molecule has 0 heterocycles. The van der Waals surface area contributed by atoms with Crippen molar-refractivity contribution in [3.63, 3.8) is 0 Å². The van der Waals surface area contributed by atoms with Crippen molar-refractivity contribution in [1.29, 1.82) is 0 Å². The number of nitrogens with zero attached hydrogens (tertiary/aromatic N) is 2. The second kappa shape index (κ2) is 8.96. The van der Waals surface area contributed by atoms with Crippen LogP contribution in [0.1, 0.15) is 43.0 Å². The molecule has 0 radical (unpaired) electrons. The summed E-state index contributed by atoms with van der Waals surface area (Å²) >= 11 is 6.50. The van der Waals surface area contributed by atoms with E-state index in [0.29, 0.717) is 15.9 Å². The molecular weight excluding hydrogens is 593 g/mol. The monoisotopic (exact) mass is 612 g/mol. The topological polar surface area (TPSA) is 24.7 Å². The van der Waals surface area contributed by atoms with Crippen LogP contribution < -0.4 is 0 Å². The maximum atomic E-state index is 14.1. The molecule has 0 amide bonds. The normalized spacial score (nSPS) is 15.9. The van der Waals surface area contributed by atoms with Gasteiger partial charge in [-0.05, 0) is 50.5 Å². The Labute approximate surface area is 224 Å². The molecule has 1 aliphatic rings. The number of benzene rings is 4. The lowest BCUT2D eigenvalue weighted by molar-refractivity contribution is -0.137. The van der Waals surface area contributed by atoms with E-state index in [1.54, 1.807) is 6.07 Å². The van der Waals surface area contributed by atoms with E-state index in [4.69, 9.17) is 4.99 Å². The van der Waals surface area contributed by atoms with Crippen molar-refractivity contribution >= 4 is 65.4 Å². The lowest BCUT2D eigenvalue weighted by atomic mass is 9.86. The quantitative estimate of drug-likeness (QED) is 0.215. The maximum absolute atomic E-state index is 14.1. The van der Waals surface area contributed by atoms with Crippen LogP contribution >= 0.6 is 31.9 Å². The van der Waals surface area contributed by atoms with E-state index >= 15 is 0 Å². The van der Waals surface area contributed by atoms with Gasteiger partial charge in [-0.15, -0.1) is 0 Å². The van der Waals surface area contributed by atoms with Gasteiger partial charge in [0.15, 0.2) is 0 Å². The molecule has 0 saturated carbocycles. The van der Waals surface area contributed by atoms with Gasteiger partial charge in [0.1, 0.15) is 0 Å². The van der Waals surface area contributed by atoms with E-state index in [9.17, 15) is 13.2 Å². The van der Waals surface area contributed by atoms with Gasteiger partial charge < -0.3 is 0 Å². The molecule has 7 heteroatoms. The SMILES string of the molecule is CC(C)(C)c1ccccc1/N=C1/C(=N/c2c(Br)cc(Br)cc2C(F)(F)F)c2cccc3cccc1c23. The second-order valence-electron chi connectivity index (χ2n) is 9.68. The summed E-state index contributed by atoms with van der Waals surface area (Å²) in [4.78, 5) is 9.73. The number of hydrogen-bond acceptors (Lipinski definition) is 2. The average molecular weight is 614 g/mol. The first-order valence-corrected chi connectivity index (χ1v) is 12.9. The van der Waals surface area contributed by atoms with Gasteiger partial charge in [0.2, 0.25) is 0 Å². The highest BCUT2D eigenvalue weighted by atomic mass is 79.9. The molecule has 0 fully saturated rings. The lowest BCUT2D eigenvalue weighted by Gasteiger charge is -2.21. The molecule has 0 atom stereocenters. The summed E-state index contributed by atoms with van der Waals surface area (Å²) < 4.78 is 42.7. The zero-order valence-electron chi connectivity index (χ0n) is 19.7. The molecule has 182 valence electrons. The summed E-state index contributed by atoms with van der Waals surface area (Å²) in [5.74, 6) is 0. The molecule has 0 N–H and O–H groups in total. The van der Waals surface area contributed by atoms with Crippen molar-refractivity contribution in [3.8, 4) is 0 Å². The first-order chi connectivity index (χ1) is 16.9. The van der Waals surface area contributed by atoms with Crippen LogP contribution in [0.25, 0.3) is 10.8 Å². The Kier molecular flexibility index (Phi) is 6.20. The third-order valence-electron chi connectivity index (χ3n) is 6.14. The Hall–Kier alpha value is -2.77. The summed E-state index contributed by atoms with van der Waals surface area (Å²) in [5, 5.41) is 1.92. The fourth-order valence-corrected chi connectivity index (χ4v) is 5.86. The third kappa shape index (κ3) is 4.43. The molecule has 0 unspecified atom stereocenters. The van der Waals surface area contributed by atoms with Crippen molar-refractivity contribution in [3.05, 3.63) is 104 Å². The Morgan fingerprint density at radius 3 is 1.92 bits per heavy atom. The highest BCUT2D eigenvalue weighted by Crippen LogP contribution is 2.44. The minimum Gasteiger partial charge on any atom is -0.246 e. The largest absolute Gasteiger partial charge is 0.418 e. The number of para-hydroxylation sites is 1. The van der Waals surface area contributed by atoms with Crippen molar-refractivity contribution in [1.82, 2.24) is 0 Å². The second-order valence-corrected chi connectivity index (χ2v) is 11.4. The van der Waals surface area contributed by atoms with Crippen LogP contribution in [0, 0.1) is 0 Å². The van der Waals surface area contributed by atoms with Crippen LogP contribution in [0.5, 0.6) is 0 Å². The minimum atomic E-state index is -4.58. The zero-order valence-corrected chi connectivity index (χ0v) is 22.9. The van der Waals surface area contributed by atoms with Crippen LogP contribution in [-0.2, 0) is 11.6 Å². The molecule has 5 rings (SSSR count). The van der Waals surface area contributed by atoms with Crippen molar-refractivity contribution in [2.75, 3.05) is 0 Å². The smallest absolute Gasteiger partial charge is 0.246 e. The first-order valence-electron chi connectivity index (χ1n) is 11.3. The van der Waals surface area contributed by atoms with E-state index in [2.05, 4.69) is 57.6 Å². The Bertz CT molecular complexity index is 1570. The van der Waals surface area contributed by atoms with Gasteiger partial charge in [0, 0.05) is 25.5 Å². The number of alkyl halides is 3. The van der Waals surface area contributed by atoms with Gasteiger partial charge >= 0.3 is 6.18 Å². The van der Waals surface area contributed by atoms with Crippen molar-refractivity contribution in [2.45, 2.75) is 32.4 Å². The van der Waals surface area contributed by atoms with E-state index in [-0.39, 0.29) is 15.6 Å². The zero-order chi connectivity index (χ0) is 25.8. The number of aliphatic imine (C=N–C) groups is 2. The van der Waals surface area contributed by atoms with Crippen molar-refractivity contribution < 1.29 is 13.2 Å². The fraction of sp³-hybridized carbons (Fsp3) is 0.172. The van der Waals surface area contributed by atoms with Crippen molar-refractivity contribution in [2.24, 2.45) is 9.98 Å². The van der Waals surface area contributed by atoms with Crippen LogP contribution in [0.15, 0.2) is 91.7 Å². The van der Waals surface area contributed by atoms with Crippen LogP contribution in [-0.4, -0.2) is 11.4 Å². The number of halogens is 5. The molecule has 0 bridgehead atoms. The minimum absolute atomic E-state index is 0.173. The summed E-state index contributed by atoms with van der Waals surface area (Å²) in [5.41, 5.74) is 3.22. The van der Waals surface area contributed by atoms with E-state index in [0.717, 1.165) is 39.2 Å². The molecule has 4 aromatic carbocycles. The highest BCUT2D eigenvalue weighted by molar-refractivity contribution is 9.11. The lowest BCUT2D eigenvalue weighted by Crippen LogP contribution is -2.14. The van der Waals surface area contributed by atoms with E-state index in [1.165, 1.54) is 0 Å². The Morgan fingerprint density at radius 1 is 0.694 bits per heavy atom. The predicted molar refractivity (Wildman–Crippen MR) is 148 cm³/mol. The molecule has 2 nitrogen and oxygen atoms in total. The maximum Gasteiger partial charge on any atom is 0.418 e. The molecular formula is C29H21Br2F3N2. The fourth-order valence-electron chi connectivity index (χ4n) is 4.55. The van der Waals surface area contributed by atoms with Gasteiger partial charge in [0.25, 0.3) is 0 Å². The summed E-state index contributed by atoms with van der Waals surface area (Å²) in [6.07, 6.45) is -4.58. The van der Waals surface area contributed by atoms with Gasteiger partial charge in [0.05, 0.1) is 28.4 Å². The number of rotatable bonds is 2. The van der Waals surface area contributed by atoms with Crippen LogP contribution in [0.2, 0.25) is 0 Å². The number of hydrogen-bond donors (Lipinski definition) is 0. The summed E-state index contributed by atoms with van der Waals surface area (Å²) in [6.45, 7) is 6.33. The van der Waals surface area contributed by atoms with Crippen LogP contribution in [0.4, 0.5) is 24.5 Å². The molecule has 36 heavy (non-hydrogen) atoms. The third-order valence-corrected chi connectivity index (χ3v) is 7.20. The van der Waals surface area contributed by atoms with E-state index < -0.39 is 11.7 Å². The Morgan fingerprint density at radius 2 is 1.31 bits per heavy atom. The molecule has 0 aromatic heterocycles. The molecule has 0 saturated heterocycles.